The van der Waals surface area contributed by atoms with Crippen molar-refractivity contribution in [3.63, 3.8) is 0 Å². The molecule has 0 aromatic heterocycles. The molecule has 2 aromatic rings. The fraction of sp³-hybridized carbons (Fsp3) is 0.235. The molecule has 0 saturated heterocycles. The maximum absolute atomic E-state index is 13.2. The Bertz CT molecular complexity index is 804. The van der Waals surface area contributed by atoms with Gasteiger partial charge in [0.15, 0.2) is 0 Å². The van der Waals surface area contributed by atoms with E-state index >= 15 is 0 Å². The Labute approximate surface area is 134 Å². The lowest BCUT2D eigenvalue weighted by Crippen LogP contribution is -2.38. The molecule has 2 rings (SSSR count). The average Bonchev–Trinajstić information content (AvgIpc) is 2.59. The van der Waals surface area contributed by atoms with Gasteiger partial charge in [0.2, 0.25) is 5.91 Å². The van der Waals surface area contributed by atoms with Crippen LogP contribution < -0.4 is 15.8 Å². The molecule has 1 atom stereocenters. The topological polar surface area (TPSA) is 64.3 Å². The van der Waals surface area contributed by atoms with Crippen LogP contribution in [0.1, 0.15) is 23.5 Å². The van der Waals surface area contributed by atoms with Gasteiger partial charge in [0, 0.05) is 6.54 Å². The van der Waals surface area contributed by atoms with Crippen LogP contribution in [0.25, 0.3) is 0 Å². The van der Waals surface area contributed by atoms with Crippen LogP contribution in [0.2, 0.25) is 0 Å². The fourth-order valence-electron chi connectivity index (χ4n) is 1.63. The maximum atomic E-state index is 13.2. The molecule has 3 N–H and O–H groups in total. The molecule has 5 heteroatoms. The Morgan fingerprint density at radius 1 is 1.36 bits per heavy atom. The number of hydrogen-bond donors (Lipinski definition) is 2. The summed E-state index contributed by atoms with van der Waals surface area (Å²) in [7, 11) is 0. The third-order valence-corrected chi connectivity index (χ3v) is 2.94. The Balaban J connectivity index is 2.25. The summed E-state index contributed by atoms with van der Waals surface area (Å²) < 4.78 is 50.8. The molecule has 22 heavy (non-hydrogen) atoms. The number of rotatable bonds is 7. The van der Waals surface area contributed by atoms with Gasteiger partial charge in [0.25, 0.3) is 0 Å². The summed E-state index contributed by atoms with van der Waals surface area (Å²) in [5.41, 5.74) is 5.76. The van der Waals surface area contributed by atoms with Gasteiger partial charge in [0.05, 0.1) is 11.5 Å². The molecule has 0 spiro atoms. The quantitative estimate of drug-likeness (QED) is 0.825. The molecule has 1 amide bonds. The van der Waals surface area contributed by atoms with E-state index in [1.165, 1.54) is 25.1 Å². The zero-order chi connectivity index (χ0) is 19.4. The molecule has 0 radical (unpaired) electrons. The number of amides is 1. The third kappa shape index (κ3) is 4.86. The van der Waals surface area contributed by atoms with E-state index in [-0.39, 0.29) is 48.6 Å². The predicted octanol–water partition coefficient (Wildman–Crippen LogP) is 2.37. The van der Waals surface area contributed by atoms with Gasteiger partial charge >= 0.3 is 0 Å². The lowest BCUT2D eigenvalue weighted by atomic mass is 10.2. The zero-order valence-corrected chi connectivity index (χ0v) is 12.1. The van der Waals surface area contributed by atoms with Crippen molar-refractivity contribution in [1.29, 1.82) is 0 Å². The number of carbonyl (C=O) groups excluding carboxylic acids is 1. The zero-order valence-electron chi connectivity index (χ0n) is 16.1. The monoisotopic (exact) mass is 306 g/mol. The molecule has 0 bridgehead atoms. The number of benzene rings is 2. The highest BCUT2D eigenvalue weighted by Gasteiger charge is 2.07. The number of carbonyl (C=O) groups is 1. The maximum Gasteiger partial charge on any atom is 0.234 e. The molecule has 0 aliphatic rings. The highest BCUT2D eigenvalue weighted by molar-refractivity contribution is 5.79. The Hall–Kier alpha value is -2.40. The van der Waals surface area contributed by atoms with Crippen LogP contribution in [-0.2, 0) is 17.9 Å². The third-order valence-electron chi connectivity index (χ3n) is 2.94. The second kappa shape index (κ2) is 7.56. The van der Waals surface area contributed by atoms with Gasteiger partial charge in [-0.2, -0.15) is 0 Å². The standard InChI is InChI=1S/C17H19FN2O2/c1-12(17(19)21)20-10-13-5-7-16(8-6-13)22-11-14-3-2-4-15(18)9-14/h2-9,12,20H,10-11H2,1H3,(H2,19,21)/t12-/m0/s1/i5D,6D,7D,8D. The Morgan fingerprint density at radius 2 is 2.09 bits per heavy atom. The number of nitrogens with two attached hydrogens (primary N) is 1. The van der Waals surface area contributed by atoms with Crippen LogP contribution in [0.3, 0.4) is 0 Å². The average molecular weight is 306 g/mol. The first-order chi connectivity index (χ1) is 12.2. The van der Waals surface area contributed by atoms with Crippen LogP contribution in [0.4, 0.5) is 4.39 Å². The first-order valence-corrected chi connectivity index (χ1v) is 6.71. The van der Waals surface area contributed by atoms with Crippen LogP contribution >= 0.6 is 0 Å². The van der Waals surface area contributed by atoms with Crippen molar-refractivity contribution < 1.29 is 19.4 Å². The molecule has 0 heterocycles. The van der Waals surface area contributed by atoms with Crippen molar-refractivity contribution in [2.75, 3.05) is 0 Å². The predicted molar refractivity (Wildman–Crippen MR) is 82.7 cm³/mol. The minimum Gasteiger partial charge on any atom is -0.489 e. The normalized spacial score (nSPS) is 14.5. The van der Waals surface area contributed by atoms with Gasteiger partial charge in [-0.15, -0.1) is 0 Å². The van der Waals surface area contributed by atoms with E-state index in [1.807, 2.05) is 0 Å². The summed E-state index contributed by atoms with van der Waals surface area (Å²) in [4.78, 5) is 11.1. The molecule has 0 fully saturated rings. The van der Waals surface area contributed by atoms with Crippen LogP contribution in [-0.4, -0.2) is 11.9 Å². The van der Waals surface area contributed by atoms with Crippen LogP contribution in [0.15, 0.2) is 48.4 Å². The first-order valence-electron chi connectivity index (χ1n) is 8.71. The van der Waals surface area contributed by atoms with Crippen LogP contribution in [0, 0.1) is 5.82 Å². The van der Waals surface area contributed by atoms with Crippen LogP contribution in [0.5, 0.6) is 5.75 Å². The van der Waals surface area contributed by atoms with E-state index in [0.717, 1.165) is 0 Å². The highest BCUT2D eigenvalue weighted by Crippen LogP contribution is 2.14. The lowest BCUT2D eigenvalue weighted by Gasteiger charge is -2.11. The van der Waals surface area contributed by atoms with Crippen molar-refractivity contribution in [2.24, 2.45) is 5.73 Å². The van der Waals surface area contributed by atoms with Gasteiger partial charge in [0.1, 0.15) is 18.2 Å². The van der Waals surface area contributed by atoms with E-state index in [0.29, 0.717) is 5.56 Å². The second-order valence-electron chi connectivity index (χ2n) is 4.73. The first kappa shape index (κ1) is 11.2. The lowest BCUT2D eigenvalue weighted by molar-refractivity contribution is -0.119. The molecule has 0 unspecified atom stereocenters. The van der Waals surface area contributed by atoms with Crippen molar-refractivity contribution >= 4 is 5.91 Å². The summed E-state index contributed by atoms with van der Waals surface area (Å²) in [5.74, 6) is -1.23. The van der Waals surface area contributed by atoms with E-state index in [2.05, 4.69) is 5.32 Å². The highest BCUT2D eigenvalue weighted by atomic mass is 19.1. The number of primary amides is 1. The van der Waals surface area contributed by atoms with Crippen molar-refractivity contribution in [2.45, 2.75) is 26.1 Å². The van der Waals surface area contributed by atoms with Crippen molar-refractivity contribution in [3.8, 4) is 5.75 Å². The van der Waals surface area contributed by atoms with Crippen molar-refractivity contribution in [3.05, 3.63) is 65.4 Å². The second-order valence-corrected chi connectivity index (χ2v) is 4.73. The largest absolute Gasteiger partial charge is 0.489 e. The number of ether oxygens (including phenoxy) is 1. The summed E-state index contributed by atoms with van der Waals surface area (Å²) in [5, 5.41) is 2.75. The van der Waals surface area contributed by atoms with E-state index < -0.39 is 17.8 Å². The van der Waals surface area contributed by atoms with E-state index in [9.17, 15) is 9.18 Å². The van der Waals surface area contributed by atoms with Gasteiger partial charge in [-0.05, 0) is 42.3 Å². The minimum absolute atomic E-state index is 0.0519. The molecule has 4 nitrogen and oxygen atoms in total. The van der Waals surface area contributed by atoms with Gasteiger partial charge in [-0.1, -0.05) is 24.2 Å². The molecule has 0 aliphatic carbocycles. The summed E-state index contributed by atoms with van der Waals surface area (Å²) in [6, 6.07) is 3.78. The SMILES string of the molecule is [2H]c1c([2H])c(OCc2cccc(F)c2)c([2H])c([2H])c1CN[C@@H](C)C(N)=O. The van der Waals surface area contributed by atoms with Gasteiger partial charge < -0.3 is 15.8 Å². The number of halogens is 1. The smallest absolute Gasteiger partial charge is 0.234 e. The van der Waals surface area contributed by atoms with Crippen molar-refractivity contribution in [1.82, 2.24) is 5.32 Å². The molecule has 0 aliphatic heterocycles. The molecule has 0 saturated carbocycles. The molecular weight excluding hydrogens is 283 g/mol. The Morgan fingerprint density at radius 3 is 2.73 bits per heavy atom. The summed E-state index contributed by atoms with van der Waals surface area (Å²) in [6.45, 7) is 1.39. The Kier molecular flexibility index (Phi) is 3.85. The van der Waals surface area contributed by atoms with Gasteiger partial charge in [-0.25, -0.2) is 4.39 Å². The minimum atomic E-state index is -0.680. The molecule has 2 aromatic carbocycles. The molecule has 116 valence electrons. The number of hydrogen-bond acceptors (Lipinski definition) is 3. The van der Waals surface area contributed by atoms with E-state index in [1.54, 1.807) is 6.07 Å². The van der Waals surface area contributed by atoms with Gasteiger partial charge in [-0.3, -0.25) is 4.79 Å². The summed E-state index contributed by atoms with van der Waals surface area (Å²) >= 11 is 0. The fourth-order valence-corrected chi connectivity index (χ4v) is 1.63. The molecular formula is C17H19FN2O2. The van der Waals surface area contributed by atoms with E-state index in [4.69, 9.17) is 16.0 Å². The summed E-state index contributed by atoms with van der Waals surface area (Å²) in [6.07, 6.45) is 0. The number of nitrogens with one attached hydrogen (secondary N) is 1.